The van der Waals surface area contributed by atoms with Gasteiger partial charge in [0.05, 0.1) is 11.5 Å². The number of nitro benzene ring substituents is 1. The number of nitrogens with zero attached hydrogens (tertiary/aromatic N) is 2. The van der Waals surface area contributed by atoms with Crippen molar-refractivity contribution in [2.75, 3.05) is 39.2 Å². The van der Waals surface area contributed by atoms with E-state index in [9.17, 15) is 10.1 Å². The molecule has 1 aromatic carbocycles. The average molecular weight is 267 g/mol. The molecule has 0 atom stereocenters. The summed E-state index contributed by atoms with van der Waals surface area (Å²) in [5.41, 5.74) is 1.73. The first-order chi connectivity index (χ1) is 9.08. The molecule has 0 unspecified atom stereocenters. The maximum atomic E-state index is 10.9. The molecule has 0 aliphatic heterocycles. The molecule has 0 aliphatic rings. The van der Waals surface area contributed by atoms with E-state index in [4.69, 9.17) is 4.74 Å². The third-order valence-electron chi connectivity index (χ3n) is 2.75. The van der Waals surface area contributed by atoms with Gasteiger partial charge < -0.3 is 10.1 Å². The van der Waals surface area contributed by atoms with Gasteiger partial charge in [0, 0.05) is 32.8 Å². The Morgan fingerprint density at radius 2 is 2.21 bits per heavy atom. The highest BCUT2D eigenvalue weighted by molar-refractivity contribution is 5.62. The zero-order chi connectivity index (χ0) is 14.3. The number of anilines is 1. The van der Waals surface area contributed by atoms with E-state index in [1.165, 1.54) is 0 Å². The third kappa shape index (κ3) is 4.84. The number of benzene rings is 1. The molecule has 0 saturated carbocycles. The van der Waals surface area contributed by atoms with Crippen LogP contribution in [0.4, 0.5) is 11.4 Å². The minimum absolute atomic E-state index is 0.116. The normalized spacial score (nSPS) is 10.7. The summed E-state index contributed by atoms with van der Waals surface area (Å²) in [5, 5.41) is 13.9. The van der Waals surface area contributed by atoms with Crippen molar-refractivity contribution in [3.63, 3.8) is 0 Å². The topological polar surface area (TPSA) is 67.6 Å². The van der Waals surface area contributed by atoms with Crippen LogP contribution >= 0.6 is 0 Å². The van der Waals surface area contributed by atoms with Gasteiger partial charge in [0.1, 0.15) is 5.69 Å². The Morgan fingerprint density at radius 1 is 1.47 bits per heavy atom. The predicted octanol–water partition coefficient (Wildman–Crippen LogP) is 2.10. The van der Waals surface area contributed by atoms with E-state index in [-0.39, 0.29) is 10.6 Å². The van der Waals surface area contributed by atoms with Crippen LogP contribution in [0.2, 0.25) is 0 Å². The number of hydrogen-bond donors (Lipinski definition) is 1. The van der Waals surface area contributed by atoms with Crippen LogP contribution in [0, 0.1) is 10.1 Å². The lowest BCUT2D eigenvalue weighted by Gasteiger charge is -2.16. The van der Waals surface area contributed by atoms with Crippen molar-refractivity contribution in [2.45, 2.75) is 13.5 Å². The SMILES string of the molecule is CCNc1cc(CN(C)CCOC)ccc1[N+](=O)[O-]. The molecule has 0 saturated heterocycles. The van der Waals surface area contributed by atoms with Crippen LogP contribution in [0.5, 0.6) is 0 Å². The number of rotatable bonds is 8. The molecule has 1 aromatic rings. The molecular weight excluding hydrogens is 246 g/mol. The van der Waals surface area contributed by atoms with Crippen LogP contribution in [0.15, 0.2) is 18.2 Å². The van der Waals surface area contributed by atoms with Crippen LogP contribution in [0.1, 0.15) is 12.5 Å². The zero-order valence-electron chi connectivity index (χ0n) is 11.7. The van der Waals surface area contributed by atoms with Crippen molar-refractivity contribution in [3.05, 3.63) is 33.9 Å². The second-order valence-corrected chi connectivity index (χ2v) is 4.37. The average Bonchev–Trinajstić information content (AvgIpc) is 2.36. The minimum atomic E-state index is -0.365. The highest BCUT2D eigenvalue weighted by Crippen LogP contribution is 2.25. The minimum Gasteiger partial charge on any atom is -0.383 e. The molecular formula is C13H21N3O3. The Bertz CT molecular complexity index is 424. The molecule has 0 heterocycles. The maximum absolute atomic E-state index is 10.9. The molecule has 106 valence electrons. The van der Waals surface area contributed by atoms with E-state index in [0.717, 1.165) is 18.7 Å². The van der Waals surface area contributed by atoms with E-state index < -0.39 is 0 Å². The van der Waals surface area contributed by atoms with E-state index in [0.29, 0.717) is 18.8 Å². The van der Waals surface area contributed by atoms with Crippen LogP contribution < -0.4 is 5.32 Å². The summed E-state index contributed by atoms with van der Waals surface area (Å²) in [6, 6.07) is 5.19. The van der Waals surface area contributed by atoms with Gasteiger partial charge in [0.2, 0.25) is 0 Å². The second-order valence-electron chi connectivity index (χ2n) is 4.37. The van der Waals surface area contributed by atoms with Crippen LogP contribution in [-0.4, -0.2) is 43.7 Å². The summed E-state index contributed by atoms with van der Waals surface area (Å²) >= 11 is 0. The highest BCUT2D eigenvalue weighted by Gasteiger charge is 2.13. The van der Waals surface area contributed by atoms with Crippen molar-refractivity contribution in [2.24, 2.45) is 0 Å². The quantitative estimate of drug-likeness (QED) is 0.577. The Labute approximate surface area is 113 Å². The smallest absolute Gasteiger partial charge is 0.292 e. The summed E-state index contributed by atoms with van der Waals surface area (Å²) in [6.07, 6.45) is 0. The predicted molar refractivity (Wildman–Crippen MR) is 75.5 cm³/mol. The summed E-state index contributed by atoms with van der Waals surface area (Å²) in [6.45, 7) is 4.80. The number of methoxy groups -OCH3 is 1. The first-order valence-electron chi connectivity index (χ1n) is 6.27. The first kappa shape index (κ1) is 15.4. The van der Waals surface area contributed by atoms with E-state index >= 15 is 0 Å². The fourth-order valence-electron chi connectivity index (χ4n) is 1.81. The Morgan fingerprint density at radius 3 is 2.79 bits per heavy atom. The monoisotopic (exact) mass is 267 g/mol. The zero-order valence-corrected chi connectivity index (χ0v) is 11.7. The van der Waals surface area contributed by atoms with Gasteiger partial charge >= 0.3 is 0 Å². The molecule has 0 aliphatic carbocycles. The fourth-order valence-corrected chi connectivity index (χ4v) is 1.81. The van der Waals surface area contributed by atoms with Crippen molar-refractivity contribution in [1.29, 1.82) is 0 Å². The summed E-state index contributed by atoms with van der Waals surface area (Å²) in [7, 11) is 3.66. The van der Waals surface area contributed by atoms with Crippen LogP contribution in [-0.2, 0) is 11.3 Å². The van der Waals surface area contributed by atoms with Crippen molar-refractivity contribution in [1.82, 2.24) is 4.90 Å². The molecule has 0 bridgehead atoms. The number of ether oxygens (including phenoxy) is 1. The largest absolute Gasteiger partial charge is 0.383 e. The molecule has 19 heavy (non-hydrogen) atoms. The Hall–Kier alpha value is -1.66. The molecule has 0 amide bonds. The number of hydrogen-bond acceptors (Lipinski definition) is 5. The van der Waals surface area contributed by atoms with Gasteiger partial charge in [-0.3, -0.25) is 15.0 Å². The molecule has 6 heteroatoms. The Kier molecular flexibility index (Phi) is 6.24. The van der Waals surface area contributed by atoms with Gasteiger partial charge in [-0.2, -0.15) is 0 Å². The van der Waals surface area contributed by atoms with Crippen molar-refractivity contribution >= 4 is 11.4 Å². The molecule has 0 radical (unpaired) electrons. The lowest BCUT2D eigenvalue weighted by molar-refractivity contribution is -0.384. The van der Waals surface area contributed by atoms with Gasteiger partial charge in [-0.1, -0.05) is 6.07 Å². The molecule has 0 aromatic heterocycles. The van der Waals surface area contributed by atoms with E-state index in [1.807, 2.05) is 20.0 Å². The lowest BCUT2D eigenvalue weighted by atomic mass is 10.1. The lowest BCUT2D eigenvalue weighted by Crippen LogP contribution is -2.22. The molecule has 0 fully saturated rings. The van der Waals surface area contributed by atoms with Gasteiger partial charge in [-0.15, -0.1) is 0 Å². The third-order valence-corrected chi connectivity index (χ3v) is 2.75. The van der Waals surface area contributed by atoms with E-state index in [2.05, 4.69) is 10.2 Å². The van der Waals surface area contributed by atoms with Gasteiger partial charge in [-0.05, 0) is 25.6 Å². The van der Waals surface area contributed by atoms with Crippen LogP contribution in [0.3, 0.4) is 0 Å². The Balaban J connectivity index is 2.80. The summed E-state index contributed by atoms with van der Waals surface area (Å²) in [5.74, 6) is 0. The first-order valence-corrected chi connectivity index (χ1v) is 6.27. The molecule has 1 N–H and O–H groups in total. The van der Waals surface area contributed by atoms with Crippen molar-refractivity contribution < 1.29 is 9.66 Å². The number of nitrogens with one attached hydrogen (secondary N) is 1. The molecule has 1 rings (SSSR count). The molecule has 6 nitrogen and oxygen atoms in total. The second kappa shape index (κ2) is 7.70. The fraction of sp³-hybridized carbons (Fsp3) is 0.538. The number of nitro groups is 1. The molecule has 0 spiro atoms. The standard InChI is InChI=1S/C13H21N3O3/c1-4-14-12-9-11(5-6-13(12)16(17)18)10-15(2)7-8-19-3/h5-6,9,14H,4,7-8,10H2,1-3H3. The van der Waals surface area contributed by atoms with Crippen molar-refractivity contribution in [3.8, 4) is 0 Å². The maximum Gasteiger partial charge on any atom is 0.292 e. The highest BCUT2D eigenvalue weighted by atomic mass is 16.6. The van der Waals surface area contributed by atoms with Crippen LogP contribution in [0.25, 0.3) is 0 Å². The van der Waals surface area contributed by atoms with Gasteiger partial charge in [-0.25, -0.2) is 0 Å². The van der Waals surface area contributed by atoms with Gasteiger partial charge in [0.15, 0.2) is 0 Å². The number of likely N-dealkylation sites (N-methyl/N-ethyl adjacent to an activating group) is 1. The summed E-state index contributed by atoms with van der Waals surface area (Å²) in [4.78, 5) is 12.7. The van der Waals surface area contributed by atoms with E-state index in [1.54, 1.807) is 19.2 Å². The van der Waals surface area contributed by atoms with Gasteiger partial charge in [0.25, 0.3) is 5.69 Å². The summed E-state index contributed by atoms with van der Waals surface area (Å²) < 4.78 is 5.02.